The molecule has 25 heavy (non-hydrogen) atoms. The maximum Gasteiger partial charge on any atom is 0.349 e. The van der Waals surface area contributed by atoms with E-state index < -0.39 is 18.0 Å². The normalized spacial score (nSPS) is 11.7. The van der Waals surface area contributed by atoms with E-state index in [9.17, 15) is 14.4 Å². The van der Waals surface area contributed by atoms with Crippen molar-refractivity contribution in [3.8, 4) is 0 Å². The van der Waals surface area contributed by atoms with Crippen LogP contribution in [0.25, 0.3) is 0 Å². The highest BCUT2D eigenvalue weighted by molar-refractivity contribution is 7.14. The highest BCUT2D eigenvalue weighted by Gasteiger charge is 2.21. The minimum absolute atomic E-state index is 0.0436. The number of nitrogens with one attached hydrogen (secondary N) is 1. The van der Waals surface area contributed by atoms with Crippen LogP contribution in [0.2, 0.25) is 0 Å². The Morgan fingerprint density at radius 1 is 1.20 bits per heavy atom. The summed E-state index contributed by atoms with van der Waals surface area (Å²) in [4.78, 5) is 37.2. The summed E-state index contributed by atoms with van der Waals surface area (Å²) in [5.41, 5.74) is 2.22. The monoisotopic (exact) mass is 359 g/mol. The fraction of sp³-hybridized carbons (Fsp3) is 0.316. The summed E-state index contributed by atoms with van der Waals surface area (Å²) < 4.78 is 5.25. The standard InChI is InChI=1S/C19H21NO4S/c1-5-14-10-17(25-13(14)4)19(23)24-12(3)18(22)20-16-8-6-15(7-9-16)11(2)21/h6-10,12H,5H2,1-4H3,(H,20,22)/t12-/m1/s1. The molecule has 0 aliphatic rings. The molecule has 5 nitrogen and oxygen atoms in total. The first-order valence-electron chi connectivity index (χ1n) is 8.04. The van der Waals surface area contributed by atoms with Gasteiger partial charge >= 0.3 is 5.97 Å². The van der Waals surface area contributed by atoms with Crippen LogP contribution in [0, 0.1) is 6.92 Å². The molecule has 2 rings (SSSR count). The number of ketones is 1. The number of carbonyl (C=O) groups is 3. The number of esters is 1. The molecule has 1 aromatic carbocycles. The van der Waals surface area contributed by atoms with Crippen molar-refractivity contribution in [1.82, 2.24) is 0 Å². The fourth-order valence-corrected chi connectivity index (χ4v) is 3.27. The van der Waals surface area contributed by atoms with Gasteiger partial charge in [-0.1, -0.05) is 6.92 Å². The molecule has 0 fully saturated rings. The highest BCUT2D eigenvalue weighted by atomic mass is 32.1. The molecule has 0 saturated carbocycles. The molecule has 1 aromatic heterocycles. The van der Waals surface area contributed by atoms with Crippen LogP contribution < -0.4 is 5.32 Å². The van der Waals surface area contributed by atoms with Gasteiger partial charge < -0.3 is 10.1 Å². The Labute approximate surface area is 151 Å². The van der Waals surface area contributed by atoms with Gasteiger partial charge in [-0.15, -0.1) is 11.3 Å². The third-order valence-corrected chi connectivity index (χ3v) is 4.89. The first-order valence-corrected chi connectivity index (χ1v) is 8.85. The summed E-state index contributed by atoms with van der Waals surface area (Å²) in [5, 5.41) is 2.67. The van der Waals surface area contributed by atoms with E-state index in [2.05, 4.69) is 5.32 Å². The molecule has 6 heteroatoms. The smallest absolute Gasteiger partial charge is 0.349 e. The Balaban J connectivity index is 1.97. The van der Waals surface area contributed by atoms with E-state index in [-0.39, 0.29) is 5.78 Å². The predicted molar refractivity (Wildman–Crippen MR) is 98.4 cm³/mol. The van der Waals surface area contributed by atoms with E-state index in [0.29, 0.717) is 16.1 Å². The largest absolute Gasteiger partial charge is 0.448 e. The second-order valence-electron chi connectivity index (χ2n) is 5.72. The number of hydrogen-bond donors (Lipinski definition) is 1. The zero-order valence-electron chi connectivity index (χ0n) is 14.7. The van der Waals surface area contributed by atoms with E-state index in [4.69, 9.17) is 4.74 Å². The molecular formula is C19H21NO4S. The molecule has 0 aliphatic heterocycles. The summed E-state index contributed by atoms with van der Waals surface area (Å²) in [7, 11) is 0. The molecule has 0 saturated heterocycles. The van der Waals surface area contributed by atoms with Gasteiger partial charge in [0.05, 0.1) is 0 Å². The van der Waals surface area contributed by atoms with Crippen molar-refractivity contribution in [2.75, 3.05) is 5.32 Å². The lowest BCUT2D eigenvalue weighted by Gasteiger charge is -2.13. The van der Waals surface area contributed by atoms with Crippen molar-refractivity contribution < 1.29 is 19.1 Å². The Kier molecular flexibility index (Phi) is 6.09. The molecule has 0 radical (unpaired) electrons. The van der Waals surface area contributed by atoms with E-state index in [0.717, 1.165) is 16.9 Å². The number of anilines is 1. The van der Waals surface area contributed by atoms with Crippen molar-refractivity contribution in [3.63, 3.8) is 0 Å². The van der Waals surface area contributed by atoms with Crippen molar-refractivity contribution in [2.24, 2.45) is 0 Å². The first-order chi connectivity index (χ1) is 11.8. The average molecular weight is 359 g/mol. The molecule has 0 aliphatic carbocycles. The van der Waals surface area contributed by atoms with Crippen LogP contribution in [-0.4, -0.2) is 23.8 Å². The molecule has 0 unspecified atom stereocenters. The van der Waals surface area contributed by atoms with Crippen molar-refractivity contribution in [2.45, 2.75) is 40.2 Å². The zero-order chi connectivity index (χ0) is 18.6. The van der Waals surface area contributed by atoms with E-state index in [1.165, 1.54) is 25.2 Å². The third kappa shape index (κ3) is 4.76. The molecule has 1 atom stereocenters. The molecule has 1 heterocycles. The summed E-state index contributed by atoms with van der Waals surface area (Å²) in [5.74, 6) is -0.965. The lowest BCUT2D eigenvalue weighted by Crippen LogP contribution is -2.29. The minimum atomic E-state index is -0.924. The number of amides is 1. The van der Waals surface area contributed by atoms with E-state index in [1.54, 1.807) is 24.3 Å². The van der Waals surface area contributed by atoms with Gasteiger partial charge in [0.2, 0.25) is 0 Å². The van der Waals surface area contributed by atoms with Gasteiger partial charge in [0.15, 0.2) is 11.9 Å². The van der Waals surface area contributed by atoms with E-state index >= 15 is 0 Å². The number of ether oxygens (including phenoxy) is 1. The Bertz CT molecular complexity index is 792. The zero-order valence-corrected chi connectivity index (χ0v) is 15.5. The second kappa shape index (κ2) is 8.07. The van der Waals surface area contributed by atoms with Crippen LogP contribution in [0.3, 0.4) is 0 Å². The number of Topliss-reactive ketones (excluding diaryl/α,β-unsaturated/α-hetero) is 1. The van der Waals surface area contributed by atoms with E-state index in [1.807, 2.05) is 19.9 Å². The third-order valence-electron chi connectivity index (χ3n) is 3.81. The lowest BCUT2D eigenvalue weighted by atomic mass is 10.1. The van der Waals surface area contributed by atoms with Crippen LogP contribution in [-0.2, 0) is 16.0 Å². The van der Waals surface area contributed by atoms with Crippen LogP contribution >= 0.6 is 11.3 Å². The summed E-state index contributed by atoms with van der Waals surface area (Å²) in [6.45, 7) is 6.99. The number of hydrogen-bond acceptors (Lipinski definition) is 5. The van der Waals surface area contributed by atoms with Crippen LogP contribution in [0.1, 0.15) is 51.2 Å². The van der Waals surface area contributed by atoms with Gasteiger partial charge in [-0.3, -0.25) is 9.59 Å². The Morgan fingerprint density at radius 2 is 1.84 bits per heavy atom. The topological polar surface area (TPSA) is 72.5 Å². The Morgan fingerprint density at radius 3 is 2.36 bits per heavy atom. The lowest BCUT2D eigenvalue weighted by molar-refractivity contribution is -0.123. The molecule has 1 N–H and O–H groups in total. The highest BCUT2D eigenvalue weighted by Crippen LogP contribution is 2.23. The van der Waals surface area contributed by atoms with Crippen molar-refractivity contribution in [3.05, 3.63) is 51.2 Å². The summed E-state index contributed by atoms with van der Waals surface area (Å²) >= 11 is 1.37. The maximum atomic E-state index is 12.2. The SMILES string of the molecule is CCc1cc(C(=O)O[C@H](C)C(=O)Nc2ccc(C(C)=O)cc2)sc1C. The van der Waals surface area contributed by atoms with Crippen molar-refractivity contribution >= 4 is 34.7 Å². The van der Waals surface area contributed by atoms with Crippen LogP contribution in [0.15, 0.2) is 30.3 Å². The number of thiophene rings is 1. The minimum Gasteiger partial charge on any atom is -0.448 e. The van der Waals surface area contributed by atoms with Gasteiger partial charge in [-0.2, -0.15) is 0 Å². The number of carbonyl (C=O) groups excluding carboxylic acids is 3. The van der Waals surface area contributed by atoms with Crippen LogP contribution in [0.5, 0.6) is 0 Å². The van der Waals surface area contributed by atoms with Gasteiger partial charge in [0.25, 0.3) is 5.91 Å². The van der Waals surface area contributed by atoms with Crippen molar-refractivity contribution in [1.29, 1.82) is 0 Å². The predicted octanol–water partition coefficient (Wildman–Crippen LogP) is 4.01. The van der Waals surface area contributed by atoms with Gasteiger partial charge in [0.1, 0.15) is 4.88 Å². The Hall–Kier alpha value is -2.47. The van der Waals surface area contributed by atoms with Gasteiger partial charge in [-0.05, 0) is 63.1 Å². The number of benzene rings is 1. The summed E-state index contributed by atoms with van der Waals surface area (Å²) in [6, 6.07) is 8.36. The molecule has 1 amide bonds. The second-order valence-corrected chi connectivity index (χ2v) is 6.97. The quantitative estimate of drug-likeness (QED) is 0.625. The molecule has 2 aromatic rings. The van der Waals surface area contributed by atoms with Gasteiger partial charge in [0, 0.05) is 16.1 Å². The first kappa shape index (κ1) is 18.9. The fourth-order valence-electron chi connectivity index (χ4n) is 2.28. The summed E-state index contributed by atoms with van der Waals surface area (Å²) in [6.07, 6.45) is -0.0745. The molecule has 0 bridgehead atoms. The maximum absolute atomic E-state index is 12.2. The molecule has 0 spiro atoms. The molecule has 132 valence electrons. The number of rotatable bonds is 6. The van der Waals surface area contributed by atoms with Gasteiger partial charge in [-0.25, -0.2) is 4.79 Å². The average Bonchev–Trinajstić information content (AvgIpc) is 2.96. The van der Waals surface area contributed by atoms with Crippen LogP contribution in [0.4, 0.5) is 5.69 Å². The number of aryl methyl sites for hydroxylation is 2. The molecular weight excluding hydrogens is 338 g/mol.